The number of thioether (sulfide) groups is 1. The van der Waals surface area contributed by atoms with Gasteiger partial charge >= 0.3 is 6.09 Å². The monoisotopic (exact) mass is 521 g/mol. The van der Waals surface area contributed by atoms with Crippen LogP contribution in [0, 0.1) is 6.92 Å². The zero-order valence-electron chi connectivity index (χ0n) is 23.5. The SMILES string of the molecule is CCCCCCN(C(=O)C(CCSC)NC(=O)OC(C)(C)C)C(C(=O)NC(C)C)c1ccc(C)cc1. The molecule has 2 atom stereocenters. The minimum atomic E-state index is -0.793. The first-order chi connectivity index (χ1) is 16.9. The predicted molar refractivity (Wildman–Crippen MR) is 149 cm³/mol. The van der Waals surface area contributed by atoms with E-state index in [4.69, 9.17) is 4.74 Å². The number of hydrogen-bond donors (Lipinski definition) is 2. The van der Waals surface area contributed by atoms with Crippen molar-refractivity contribution in [1.29, 1.82) is 0 Å². The highest BCUT2D eigenvalue weighted by molar-refractivity contribution is 7.98. The molecule has 0 fully saturated rings. The quantitative estimate of drug-likeness (QED) is 0.311. The lowest BCUT2D eigenvalue weighted by Crippen LogP contribution is -2.54. The van der Waals surface area contributed by atoms with Crippen LogP contribution in [0.15, 0.2) is 24.3 Å². The molecule has 0 heterocycles. The first kappa shape index (κ1) is 31.8. The molecule has 0 aliphatic carbocycles. The van der Waals surface area contributed by atoms with Gasteiger partial charge in [0.1, 0.15) is 17.7 Å². The highest BCUT2D eigenvalue weighted by Gasteiger charge is 2.36. The molecule has 0 aliphatic rings. The fourth-order valence-electron chi connectivity index (χ4n) is 3.80. The van der Waals surface area contributed by atoms with Gasteiger partial charge in [0, 0.05) is 12.6 Å². The van der Waals surface area contributed by atoms with Crippen LogP contribution in [0.4, 0.5) is 4.79 Å². The number of rotatable bonds is 14. The molecule has 0 aromatic heterocycles. The summed E-state index contributed by atoms with van der Waals surface area (Å²) in [5, 5.41) is 5.79. The lowest BCUT2D eigenvalue weighted by atomic mass is 10.00. The van der Waals surface area contributed by atoms with Gasteiger partial charge in [-0.05, 0) is 72.0 Å². The van der Waals surface area contributed by atoms with E-state index in [0.29, 0.717) is 18.7 Å². The van der Waals surface area contributed by atoms with Gasteiger partial charge < -0.3 is 20.3 Å². The number of nitrogens with one attached hydrogen (secondary N) is 2. The molecule has 0 bridgehead atoms. The third-order valence-corrected chi connectivity index (χ3v) is 6.16. The van der Waals surface area contributed by atoms with Crippen molar-refractivity contribution in [3.05, 3.63) is 35.4 Å². The Labute approximate surface area is 222 Å². The van der Waals surface area contributed by atoms with E-state index in [0.717, 1.165) is 36.8 Å². The van der Waals surface area contributed by atoms with E-state index in [-0.39, 0.29) is 17.9 Å². The smallest absolute Gasteiger partial charge is 0.408 e. The van der Waals surface area contributed by atoms with E-state index in [2.05, 4.69) is 17.6 Å². The number of unbranched alkanes of at least 4 members (excludes halogenated alkanes) is 3. The molecular formula is C28H47N3O4S. The van der Waals surface area contributed by atoms with Gasteiger partial charge in [0.15, 0.2) is 0 Å². The summed E-state index contributed by atoms with van der Waals surface area (Å²) in [7, 11) is 0. The molecule has 2 N–H and O–H groups in total. The number of carbonyl (C=O) groups is 3. The molecule has 2 unspecified atom stereocenters. The fourth-order valence-corrected chi connectivity index (χ4v) is 4.27. The van der Waals surface area contributed by atoms with Crippen LogP contribution in [-0.2, 0) is 14.3 Å². The molecule has 1 aromatic carbocycles. The number of hydrogen-bond acceptors (Lipinski definition) is 5. The van der Waals surface area contributed by atoms with E-state index >= 15 is 0 Å². The zero-order valence-corrected chi connectivity index (χ0v) is 24.3. The summed E-state index contributed by atoms with van der Waals surface area (Å²) < 4.78 is 5.44. The summed E-state index contributed by atoms with van der Waals surface area (Å²) in [5.74, 6) is 0.193. The second kappa shape index (κ2) is 15.8. The number of nitrogens with zero attached hydrogens (tertiary/aromatic N) is 1. The second-order valence-electron chi connectivity index (χ2n) is 10.5. The number of carbonyl (C=O) groups excluding carboxylic acids is 3. The number of ether oxygens (including phenoxy) is 1. The van der Waals surface area contributed by atoms with Crippen molar-refractivity contribution >= 4 is 29.7 Å². The topological polar surface area (TPSA) is 87.7 Å². The van der Waals surface area contributed by atoms with E-state index < -0.39 is 23.8 Å². The first-order valence-electron chi connectivity index (χ1n) is 13.1. The summed E-state index contributed by atoms with van der Waals surface area (Å²) >= 11 is 1.60. The Balaban J connectivity index is 3.41. The van der Waals surface area contributed by atoms with Crippen LogP contribution in [0.1, 0.15) is 90.8 Å². The van der Waals surface area contributed by atoms with Crippen molar-refractivity contribution in [3.63, 3.8) is 0 Å². The van der Waals surface area contributed by atoms with Gasteiger partial charge in [-0.2, -0.15) is 11.8 Å². The summed E-state index contributed by atoms with van der Waals surface area (Å²) in [6, 6.07) is 6.06. The van der Waals surface area contributed by atoms with E-state index in [9.17, 15) is 14.4 Å². The highest BCUT2D eigenvalue weighted by atomic mass is 32.2. The Bertz CT molecular complexity index is 821. The molecule has 0 aliphatic heterocycles. The maximum Gasteiger partial charge on any atom is 0.408 e. The van der Waals surface area contributed by atoms with Crippen molar-refractivity contribution in [3.8, 4) is 0 Å². The number of aryl methyl sites for hydroxylation is 1. The molecule has 7 nitrogen and oxygen atoms in total. The normalized spacial score (nSPS) is 13.1. The maximum absolute atomic E-state index is 14.1. The molecule has 0 spiro atoms. The number of benzene rings is 1. The molecule has 204 valence electrons. The minimum absolute atomic E-state index is 0.0744. The molecule has 0 radical (unpaired) electrons. The Morgan fingerprint density at radius 1 is 1.03 bits per heavy atom. The standard InChI is InChI=1S/C28H47N3O4S/c1-9-10-11-12-18-31(24(25(32)29-20(2)3)22-15-13-21(4)14-16-22)26(33)23(17-19-36-8)30-27(34)35-28(5,6)7/h13-16,20,23-24H,9-12,17-19H2,1-8H3,(H,29,32)(H,30,34). The fraction of sp³-hybridized carbons (Fsp3) is 0.679. The van der Waals surface area contributed by atoms with Gasteiger partial charge in [0.2, 0.25) is 11.8 Å². The predicted octanol–water partition coefficient (Wildman–Crippen LogP) is 5.62. The Hall–Kier alpha value is -2.22. The van der Waals surface area contributed by atoms with Crippen LogP contribution in [0.3, 0.4) is 0 Å². The largest absolute Gasteiger partial charge is 0.444 e. The Morgan fingerprint density at radius 2 is 1.67 bits per heavy atom. The Morgan fingerprint density at radius 3 is 2.19 bits per heavy atom. The lowest BCUT2D eigenvalue weighted by molar-refractivity contribution is -0.142. The molecule has 3 amide bonds. The molecule has 36 heavy (non-hydrogen) atoms. The number of amides is 3. The second-order valence-corrected chi connectivity index (χ2v) is 11.5. The summed E-state index contributed by atoms with van der Waals surface area (Å²) in [5.41, 5.74) is 1.15. The van der Waals surface area contributed by atoms with E-state index in [1.807, 2.05) is 51.3 Å². The van der Waals surface area contributed by atoms with Crippen LogP contribution in [0.25, 0.3) is 0 Å². The molecule has 1 rings (SSSR count). The summed E-state index contributed by atoms with van der Waals surface area (Å²) in [4.78, 5) is 41.8. The van der Waals surface area contributed by atoms with Crippen molar-refractivity contribution in [2.24, 2.45) is 0 Å². The van der Waals surface area contributed by atoms with Crippen LogP contribution in [0.2, 0.25) is 0 Å². The lowest BCUT2D eigenvalue weighted by Gasteiger charge is -2.35. The average molecular weight is 522 g/mol. The third kappa shape index (κ3) is 11.7. The summed E-state index contributed by atoms with van der Waals surface area (Å²) in [6.07, 6.45) is 5.63. The van der Waals surface area contributed by atoms with Crippen molar-refractivity contribution in [2.75, 3.05) is 18.6 Å². The average Bonchev–Trinajstić information content (AvgIpc) is 2.77. The third-order valence-electron chi connectivity index (χ3n) is 5.52. The van der Waals surface area contributed by atoms with Crippen LogP contribution >= 0.6 is 11.8 Å². The van der Waals surface area contributed by atoms with Crippen LogP contribution in [-0.4, -0.2) is 59.0 Å². The molecular weight excluding hydrogens is 474 g/mol. The Kier molecular flexibility index (Phi) is 14.0. The van der Waals surface area contributed by atoms with Crippen molar-refractivity contribution in [2.45, 2.75) is 104 Å². The van der Waals surface area contributed by atoms with Crippen LogP contribution < -0.4 is 10.6 Å². The van der Waals surface area contributed by atoms with Crippen LogP contribution in [0.5, 0.6) is 0 Å². The molecule has 1 aromatic rings. The van der Waals surface area contributed by atoms with Gasteiger partial charge in [-0.25, -0.2) is 4.79 Å². The zero-order chi connectivity index (χ0) is 27.3. The first-order valence-corrected chi connectivity index (χ1v) is 14.4. The van der Waals surface area contributed by atoms with Crippen molar-refractivity contribution < 1.29 is 19.1 Å². The van der Waals surface area contributed by atoms with Gasteiger partial charge in [0.05, 0.1) is 0 Å². The van der Waals surface area contributed by atoms with E-state index in [1.165, 1.54) is 0 Å². The highest BCUT2D eigenvalue weighted by Crippen LogP contribution is 2.25. The van der Waals surface area contributed by atoms with Crippen molar-refractivity contribution in [1.82, 2.24) is 15.5 Å². The molecule has 0 saturated carbocycles. The van der Waals surface area contributed by atoms with Gasteiger partial charge in [-0.3, -0.25) is 9.59 Å². The summed E-state index contributed by atoms with van der Waals surface area (Å²) in [6.45, 7) is 13.7. The minimum Gasteiger partial charge on any atom is -0.444 e. The number of alkyl carbamates (subject to hydrolysis) is 1. The van der Waals surface area contributed by atoms with Gasteiger partial charge in [-0.15, -0.1) is 0 Å². The molecule has 0 saturated heterocycles. The van der Waals surface area contributed by atoms with Gasteiger partial charge in [0.25, 0.3) is 0 Å². The van der Waals surface area contributed by atoms with Gasteiger partial charge in [-0.1, -0.05) is 56.0 Å². The maximum atomic E-state index is 14.1. The molecule has 8 heteroatoms. The van der Waals surface area contributed by atoms with E-state index in [1.54, 1.807) is 37.4 Å².